The van der Waals surface area contributed by atoms with Crippen molar-refractivity contribution in [2.75, 3.05) is 0 Å². The van der Waals surface area contributed by atoms with Gasteiger partial charge < -0.3 is 4.57 Å². The van der Waals surface area contributed by atoms with E-state index in [0.29, 0.717) is 11.9 Å². The Morgan fingerprint density at radius 1 is 0.903 bits per heavy atom. The number of tetrazole rings is 1. The normalized spacial score (nSPS) is 15.1. The van der Waals surface area contributed by atoms with E-state index in [4.69, 9.17) is 4.98 Å². The molecule has 0 amide bonds. The van der Waals surface area contributed by atoms with E-state index in [1.807, 2.05) is 31.3 Å². The Balaban J connectivity index is 1.55. The molecule has 8 nitrogen and oxygen atoms in total. The van der Waals surface area contributed by atoms with Crippen LogP contribution < -0.4 is 0 Å². The van der Waals surface area contributed by atoms with Gasteiger partial charge >= 0.3 is 0 Å². The molecule has 1 N–H and O–H groups in total. The maximum Gasteiger partial charge on any atom is 0.204 e. The molecule has 1 aliphatic carbocycles. The van der Waals surface area contributed by atoms with Gasteiger partial charge in [0.2, 0.25) is 5.82 Å². The number of nitrogens with one attached hydrogen (secondary N) is 1. The third kappa shape index (κ3) is 3.15. The van der Waals surface area contributed by atoms with Gasteiger partial charge in [-0.3, -0.25) is 4.98 Å². The van der Waals surface area contributed by atoms with Crippen LogP contribution in [0.5, 0.6) is 0 Å². The molecule has 1 fully saturated rings. The molecule has 0 unspecified atom stereocenters. The van der Waals surface area contributed by atoms with Gasteiger partial charge in [0.05, 0.1) is 27.8 Å². The van der Waals surface area contributed by atoms with Crippen LogP contribution in [0.15, 0.2) is 42.6 Å². The van der Waals surface area contributed by atoms with E-state index >= 15 is 0 Å². The molecule has 6 rings (SSSR count). The summed E-state index contributed by atoms with van der Waals surface area (Å²) < 4.78 is 2.43. The van der Waals surface area contributed by atoms with Crippen LogP contribution in [-0.4, -0.2) is 40.1 Å². The Labute approximate surface area is 178 Å². The SMILES string of the molecule is Cc1cnc2cc(-c3nc4cc(-c5nn[nH]n5)ccc4n3C3CCCCC3)ccc2n1. The molecular formula is C23H22N8. The predicted octanol–water partition coefficient (Wildman–Crippen LogP) is 4.64. The molecule has 31 heavy (non-hydrogen) atoms. The standard InChI is InChI=1S/C23H22N8/c1-14-13-24-19-12-16(7-9-18(19)25-14)23-26-20-11-15(22-27-29-30-28-22)8-10-21(20)31(23)17-5-3-2-4-6-17/h7-13,17H,2-6H2,1H3,(H,27,28,29,30). The fourth-order valence-corrected chi connectivity index (χ4v) is 4.68. The molecule has 2 aromatic carbocycles. The molecule has 154 valence electrons. The fourth-order valence-electron chi connectivity index (χ4n) is 4.68. The first-order chi connectivity index (χ1) is 15.3. The Morgan fingerprint density at radius 2 is 1.74 bits per heavy atom. The molecule has 0 aliphatic heterocycles. The fraction of sp³-hybridized carbons (Fsp3) is 0.304. The number of benzene rings is 2. The van der Waals surface area contributed by atoms with Gasteiger partial charge in [0.1, 0.15) is 5.82 Å². The summed E-state index contributed by atoms with van der Waals surface area (Å²) >= 11 is 0. The van der Waals surface area contributed by atoms with E-state index in [0.717, 1.165) is 44.7 Å². The number of hydrogen-bond acceptors (Lipinski definition) is 6. The number of rotatable bonds is 3. The molecule has 3 aromatic heterocycles. The van der Waals surface area contributed by atoms with E-state index in [1.165, 1.54) is 32.1 Å². The lowest BCUT2D eigenvalue weighted by Gasteiger charge is -2.25. The van der Waals surface area contributed by atoms with E-state index in [2.05, 4.69) is 53.4 Å². The zero-order chi connectivity index (χ0) is 20.8. The molecule has 5 aromatic rings. The Kier molecular flexibility index (Phi) is 4.22. The summed E-state index contributed by atoms with van der Waals surface area (Å²) in [6, 6.07) is 12.9. The minimum atomic E-state index is 0.449. The highest BCUT2D eigenvalue weighted by Gasteiger charge is 2.23. The lowest BCUT2D eigenvalue weighted by Crippen LogP contribution is -2.14. The minimum Gasteiger partial charge on any atom is -0.321 e. The van der Waals surface area contributed by atoms with Crippen molar-refractivity contribution in [3.8, 4) is 22.8 Å². The predicted molar refractivity (Wildman–Crippen MR) is 118 cm³/mol. The number of aromatic nitrogens is 8. The van der Waals surface area contributed by atoms with Crippen molar-refractivity contribution in [1.29, 1.82) is 0 Å². The van der Waals surface area contributed by atoms with E-state index in [9.17, 15) is 0 Å². The van der Waals surface area contributed by atoms with Crippen molar-refractivity contribution in [3.05, 3.63) is 48.3 Å². The van der Waals surface area contributed by atoms with Crippen molar-refractivity contribution >= 4 is 22.1 Å². The average Bonchev–Trinajstić information content (AvgIpc) is 3.47. The lowest BCUT2D eigenvalue weighted by molar-refractivity contribution is 0.362. The Hall–Kier alpha value is -3.68. The number of aromatic amines is 1. The monoisotopic (exact) mass is 410 g/mol. The number of imidazole rings is 1. The molecule has 0 saturated heterocycles. The maximum absolute atomic E-state index is 5.08. The van der Waals surface area contributed by atoms with E-state index < -0.39 is 0 Å². The molecule has 0 radical (unpaired) electrons. The summed E-state index contributed by atoms with van der Waals surface area (Å²) in [5.74, 6) is 1.56. The van der Waals surface area contributed by atoms with Crippen LogP contribution in [0.25, 0.3) is 44.8 Å². The van der Waals surface area contributed by atoms with E-state index in [-0.39, 0.29) is 0 Å². The zero-order valence-corrected chi connectivity index (χ0v) is 17.3. The first-order valence-electron chi connectivity index (χ1n) is 10.8. The number of aryl methyl sites for hydroxylation is 1. The molecule has 0 atom stereocenters. The van der Waals surface area contributed by atoms with Crippen molar-refractivity contribution in [2.45, 2.75) is 45.1 Å². The number of fused-ring (bicyclic) bond motifs is 2. The van der Waals surface area contributed by atoms with Gasteiger partial charge in [0.25, 0.3) is 0 Å². The summed E-state index contributed by atoms with van der Waals surface area (Å²) in [5, 5.41) is 14.4. The summed E-state index contributed by atoms with van der Waals surface area (Å²) in [4.78, 5) is 14.3. The highest BCUT2D eigenvalue weighted by atomic mass is 15.5. The second kappa shape index (κ2) is 7.23. The third-order valence-electron chi connectivity index (χ3n) is 6.15. The Bertz CT molecular complexity index is 1380. The van der Waals surface area contributed by atoms with Crippen molar-refractivity contribution in [2.24, 2.45) is 0 Å². The quantitative estimate of drug-likeness (QED) is 0.465. The van der Waals surface area contributed by atoms with Crippen LogP contribution in [0.1, 0.15) is 43.8 Å². The van der Waals surface area contributed by atoms with Crippen LogP contribution in [0, 0.1) is 6.92 Å². The summed E-state index contributed by atoms with van der Waals surface area (Å²) in [6.07, 6.45) is 7.99. The van der Waals surface area contributed by atoms with Gasteiger partial charge in [-0.1, -0.05) is 19.3 Å². The first kappa shape index (κ1) is 18.1. The smallest absolute Gasteiger partial charge is 0.204 e. The van der Waals surface area contributed by atoms with Gasteiger partial charge in [0, 0.05) is 23.4 Å². The molecule has 1 saturated carbocycles. The molecule has 0 bridgehead atoms. The largest absolute Gasteiger partial charge is 0.321 e. The summed E-state index contributed by atoms with van der Waals surface area (Å²) in [6.45, 7) is 1.96. The van der Waals surface area contributed by atoms with Gasteiger partial charge in [-0.2, -0.15) is 5.21 Å². The minimum absolute atomic E-state index is 0.449. The van der Waals surface area contributed by atoms with E-state index in [1.54, 1.807) is 0 Å². The summed E-state index contributed by atoms with van der Waals surface area (Å²) in [7, 11) is 0. The van der Waals surface area contributed by atoms with Gasteiger partial charge in [0.15, 0.2) is 0 Å². The van der Waals surface area contributed by atoms with Gasteiger partial charge in [-0.25, -0.2) is 9.97 Å². The van der Waals surface area contributed by atoms with Crippen molar-refractivity contribution in [3.63, 3.8) is 0 Å². The molecule has 8 heteroatoms. The second-order valence-corrected chi connectivity index (χ2v) is 8.25. The molecular weight excluding hydrogens is 388 g/mol. The van der Waals surface area contributed by atoms with Crippen LogP contribution in [0.4, 0.5) is 0 Å². The van der Waals surface area contributed by atoms with Crippen LogP contribution >= 0.6 is 0 Å². The highest BCUT2D eigenvalue weighted by molar-refractivity contribution is 5.87. The molecule has 1 aliphatic rings. The van der Waals surface area contributed by atoms with Crippen molar-refractivity contribution < 1.29 is 0 Å². The lowest BCUT2D eigenvalue weighted by atomic mass is 9.94. The topological polar surface area (TPSA) is 98.1 Å². The number of hydrogen-bond donors (Lipinski definition) is 1. The Morgan fingerprint density at radius 3 is 2.58 bits per heavy atom. The average molecular weight is 410 g/mol. The maximum atomic E-state index is 5.08. The first-order valence-corrected chi connectivity index (χ1v) is 10.8. The zero-order valence-electron chi connectivity index (χ0n) is 17.3. The summed E-state index contributed by atoms with van der Waals surface area (Å²) in [5.41, 5.74) is 6.77. The number of H-pyrrole nitrogens is 1. The second-order valence-electron chi connectivity index (χ2n) is 8.25. The highest BCUT2D eigenvalue weighted by Crippen LogP contribution is 2.37. The van der Waals surface area contributed by atoms with Crippen LogP contribution in [0.2, 0.25) is 0 Å². The molecule has 0 spiro atoms. The molecule has 3 heterocycles. The van der Waals surface area contributed by atoms with Crippen molar-refractivity contribution in [1.82, 2.24) is 40.1 Å². The number of nitrogens with zero attached hydrogens (tertiary/aromatic N) is 7. The third-order valence-corrected chi connectivity index (χ3v) is 6.15. The van der Waals surface area contributed by atoms with Gasteiger partial charge in [-0.05, 0) is 61.4 Å². The van der Waals surface area contributed by atoms with Crippen LogP contribution in [-0.2, 0) is 0 Å². The van der Waals surface area contributed by atoms with Crippen LogP contribution in [0.3, 0.4) is 0 Å². The van der Waals surface area contributed by atoms with Gasteiger partial charge in [-0.15, -0.1) is 10.2 Å².